The Kier molecular flexibility index (Phi) is 4.78. The normalized spacial score (nSPS) is 10.3. The molecule has 0 bridgehead atoms. The van der Waals surface area contributed by atoms with Gasteiger partial charge in [0.05, 0.1) is 11.4 Å². The van der Waals surface area contributed by atoms with Gasteiger partial charge in [0.1, 0.15) is 0 Å². The van der Waals surface area contributed by atoms with Gasteiger partial charge in [-0.2, -0.15) is 0 Å². The zero-order chi connectivity index (χ0) is 16.1. The standard InChI is InChI=1S/C17H19N3O2/c1-11(2)16(21)19-13-9-7-12(8-10-13)17(22)20-15-6-4-3-5-14(15)18/h3-11H,18H2,1-2H3,(H,19,21)(H,20,22). The lowest BCUT2D eigenvalue weighted by Gasteiger charge is -2.10. The average molecular weight is 297 g/mol. The third-order valence-corrected chi connectivity index (χ3v) is 3.15. The van der Waals surface area contributed by atoms with Gasteiger partial charge in [-0.05, 0) is 36.4 Å². The Morgan fingerprint density at radius 2 is 1.59 bits per heavy atom. The molecule has 0 aliphatic heterocycles. The molecule has 22 heavy (non-hydrogen) atoms. The molecule has 5 heteroatoms. The number of carbonyl (C=O) groups is 2. The van der Waals surface area contributed by atoms with Crippen LogP contribution in [0.15, 0.2) is 48.5 Å². The van der Waals surface area contributed by atoms with Gasteiger partial charge >= 0.3 is 0 Å². The van der Waals surface area contributed by atoms with E-state index in [1.807, 2.05) is 13.8 Å². The van der Waals surface area contributed by atoms with Gasteiger partial charge in [-0.25, -0.2) is 0 Å². The van der Waals surface area contributed by atoms with E-state index in [0.29, 0.717) is 22.6 Å². The second-order valence-electron chi connectivity index (χ2n) is 5.26. The van der Waals surface area contributed by atoms with Crippen LogP contribution in [0.4, 0.5) is 17.1 Å². The monoisotopic (exact) mass is 297 g/mol. The van der Waals surface area contributed by atoms with Crippen LogP contribution in [0, 0.1) is 5.92 Å². The molecular weight excluding hydrogens is 278 g/mol. The van der Waals surface area contributed by atoms with Gasteiger partial charge < -0.3 is 16.4 Å². The van der Waals surface area contributed by atoms with Crippen LogP contribution < -0.4 is 16.4 Å². The van der Waals surface area contributed by atoms with Crippen molar-refractivity contribution in [1.29, 1.82) is 0 Å². The van der Waals surface area contributed by atoms with Crippen LogP contribution in [0.2, 0.25) is 0 Å². The number of amides is 2. The first kappa shape index (κ1) is 15.6. The summed E-state index contributed by atoms with van der Waals surface area (Å²) in [5.41, 5.74) is 8.03. The number of nitrogen functional groups attached to an aromatic ring is 1. The molecule has 2 rings (SSSR count). The topological polar surface area (TPSA) is 84.2 Å². The van der Waals surface area contributed by atoms with Crippen molar-refractivity contribution in [1.82, 2.24) is 0 Å². The lowest BCUT2D eigenvalue weighted by Crippen LogP contribution is -2.18. The molecule has 4 N–H and O–H groups in total. The molecule has 0 unspecified atom stereocenters. The summed E-state index contributed by atoms with van der Waals surface area (Å²) >= 11 is 0. The number of rotatable bonds is 4. The Bertz CT molecular complexity index is 679. The van der Waals surface area contributed by atoms with E-state index in [9.17, 15) is 9.59 Å². The van der Waals surface area contributed by atoms with Crippen LogP contribution in [0.1, 0.15) is 24.2 Å². The summed E-state index contributed by atoms with van der Waals surface area (Å²) in [6, 6.07) is 13.8. The van der Waals surface area contributed by atoms with Gasteiger partial charge in [-0.1, -0.05) is 26.0 Å². The van der Waals surface area contributed by atoms with E-state index in [2.05, 4.69) is 10.6 Å². The number of nitrogens with one attached hydrogen (secondary N) is 2. The summed E-state index contributed by atoms with van der Waals surface area (Å²) < 4.78 is 0. The Hall–Kier alpha value is -2.82. The van der Waals surface area contributed by atoms with Crippen molar-refractivity contribution in [2.75, 3.05) is 16.4 Å². The second-order valence-corrected chi connectivity index (χ2v) is 5.26. The highest BCUT2D eigenvalue weighted by Crippen LogP contribution is 2.18. The zero-order valence-corrected chi connectivity index (χ0v) is 12.6. The van der Waals surface area contributed by atoms with Gasteiger partial charge in [0.15, 0.2) is 0 Å². The van der Waals surface area contributed by atoms with E-state index < -0.39 is 0 Å². The fourth-order valence-electron chi connectivity index (χ4n) is 1.80. The highest BCUT2D eigenvalue weighted by Gasteiger charge is 2.10. The summed E-state index contributed by atoms with van der Waals surface area (Å²) in [5, 5.41) is 5.53. The Morgan fingerprint density at radius 3 is 2.18 bits per heavy atom. The molecule has 2 aromatic rings. The van der Waals surface area contributed by atoms with Crippen molar-refractivity contribution < 1.29 is 9.59 Å². The first-order chi connectivity index (χ1) is 10.5. The average Bonchev–Trinajstić information content (AvgIpc) is 2.50. The van der Waals surface area contributed by atoms with Crippen LogP contribution >= 0.6 is 0 Å². The third-order valence-electron chi connectivity index (χ3n) is 3.15. The SMILES string of the molecule is CC(C)C(=O)Nc1ccc(C(=O)Nc2ccccc2N)cc1. The molecule has 0 aliphatic carbocycles. The fraction of sp³-hybridized carbons (Fsp3) is 0.176. The van der Waals surface area contributed by atoms with E-state index in [1.165, 1.54) is 0 Å². The predicted molar refractivity (Wildman–Crippen MR) is 88.7 cm³/mol. The van der Waals surface area contributed by atoms with Gasteiger partial charge in [0, 0.05) is 17.2 Å². The Labute approximate surface area is 129 Å². The molecule has 0 saturated carbocycles. The molecule has 0 spiro atoms. The molecular formula is C17H19N3O2. The first-order valence-electron chi connectivity index (χ1n) is 7.04. The second kappa shape index (κ2) is 6.76. The van der Waals surface area contributed by atoms with Gasteiger partial charge in [-0.15, -0.1) is 0 Å². The number of hydrogen-bond acceptors (Lipinski definition) is 3. The Morgan fingerprint density at radius 1 is 0.955 bits per heavy atom. The smallest absolute Gasteiger partial charge is 0.255 e. The molecule has 114 valence electrons. The minimum absolute atomic E-state index is 0.0609. The molecule has 0 saturated heterocycles. The molecule has 0 aliphatic rings. The van der Waals surface area contributed by atoms with E-state index in [0.717, 1.165) is 0 Å². The summed E-state index contributed by atoms with van der Waals surface area (Å²) in [4.78, 5) is 23.8. The van der Waals surface area contributed by atoms with Gasteiger partial charge in [0.2, 0.25) is 5.91 Å². The van der Waals surface area contributed by atoms with Gasteiger partial charge in [0.25, 0.3) is 5.91 Å². The molecule has 2 aromatic carbocycles. The van der Waals surface area contributed by atoms with Crippen LogP contribution in [0.25, 0.3) is 0 Å². The van der Waals surface area contributed by atoms with Gasteiger partial charge in [-0.3, -0.25) is 9.59 Å². The fourth-order valence-corrected chi connectivity index (χ4v) is 1.80. The lowest BCUT2D eigenvalue weighted by atomic mass is 10.1. The maximum absolute atomic E-state index is 12.2. The van der Waals surface area contributed by atoms with E-state index in [-0.39, 0.29) is 17.7 Å². The van der Waals surface area contributed by atoms with Crippen molar-refractivity contribution in [2.24, 2.45) is 5.92 Å². The van der Waals surface area contributed by atoms with E-state index >= 15 is 0 Å². The molecule has 2 amide bonds. The number of hydrogen-bond donors (Lipinski definition) is 3. The number of benzene rings is 2. The van der Waals surface area contributed by atoms with E-state index in [4.69, 9.17) is 5.73 Å². The predicted octanol–water partition coefficient (Wildman–Crippen LogP) is 3.12. The summed E-state index contributed by atoms with van der Waals surface area (Å²) in [7, 11) is 0. The minimum atomic E-state index is -0.250. The van der Waals surface area contributed by atoms with Crippen molar-refractivity contribution in [3.63, 3.8) is 0 Å². The van der Waals surface area contributed by atoms with Crippen molar-refractivity contribution in [2.45, 2.75) is 13.8 Å². The molecule has 0 fully saturated rings. The third kappa shape index (κ3) is 3.85. The summed E-state index contributed by atoms with van der Waals surface area (Å²) in [5.74, 6) is -0.405. The summed E-state index contributed by atoms with van der Waals surface area (Å²) in [6.07, 6.45) is 0. The number of carbonyl (C=O) groups excluding carboxylic acids is 2. The number of anilines is 3. The highest BCUT2D eigenvalue weighted by atomic mass is 16.2. The van der Waals surface area contributed by atoms with Crippen LogP contribution in [0.3, 0.4) is 0 Å². The molecule has 0 aromatic heterocycles. The van der Waals surface area contributed by atoms with Crippen LogP contribution in [-0.2, 0) is 4.79 Å². The maximum Gasteiger partial charge on any atom is 0.255 e. The highest BCUT2D eigenvalue weighted by molar-refractivity contribution is 6.06. The zero-order valence-electron chi connectivity index (χ0n) is 12.6. The maximum atomic E-state index is 12.2. The number of nitrogens with two attached hydrogens (primary N) is 1. The largest absolute Gasteiger partial charge is 0.397 e. The van der Waals surface area contributed by atoms with Crippen molar-refractivity contribution >= 4 is 28.9 Å². The van der Waals surface area contributed by atoms with Crippen LogP contribution in [-0.4, -0.2) is 11.8 Å². The first-order valence-corrected chi connectivity index (χ1v) is 7.04. The molecule has 0 heterocycles. The quantitative estimate of drug-likeness (QED) is 0.758. The van der Waals surface area contributed by atoms with Crippen LogP contribution in [0.5, 0.6) is 0 Å². The lowest BCUT2D eigenvalue weighted by molar-refractivity contribution is -0.118. The number of para-hydroxylation sites is 2. The molecule has 5 nitrogen and oxygen atoms in total. The summed E-state index contributed by atoms with van der Waals surface area (Å²) in [6.45, 7) is 3.64. The molecule has 0 atom stereocenters. The molecule has 0 radical (unpaired) electrons. The van der Waals surface area contributed by atoms with Crippen molar-refractivity contribution in [3.8, 4) is 0 Å². The van der Waals surface area contributed by atoms with Crippen molar-refractivity contribution in [3.05, 3.63) is 54.1 Å². The van der Waals surface area contributed by atoms with E-state index in [1.54, 1.807) is 48.5 Å². The minimum Gasteiger partial charge on any atom is -0.397 e. The Balaban J connectivity index is 2.05.